The summed E-state index contributed by atoms with van der Waals surface area (Å²) < 4.78 is 23.2. The lowest BCUT2D eigenvalue weighted by atomic mass is 10.2. The van der Waals surface area contributed by atoms with Crippen molar-refractivity contribution in [1.29, 1.82) is 0 Å². The van der Waals surface area contributed by atoms with Gasteiger partial charge in [-0.15, -0.1) is 0 Å². The number of benzene rings is 1. The number of halogens is 1. The third-order valence-corrected chi connectivity index (χ3v) is 3.66. The number of nitrogens with two attached hydrogens (primary N) is 2. The third-order valence-electron chi connectivity index (χ3n) is 1.76. The Kier molecular flexibility index (Phi) is 3.26. The van der Waals surface area contributed by atoms with E-state index in [1.54, 1.807) is 13.0 Å². The summed E-state index contributed by atoms with van der Waals surface area (Å²) in [6.07, 6.45) is 0. The molecule has 82 valence electrons. The molecule has 0 atom stereocenters. The molecule has 1 aromatic rings. The Morgan fingerprint density at radius 1 is 1.40 bits per heavy atom. The fourth-order valence-corrected chi connectivity index (χ4v) is 2.28. The lowest BCUT2D eigenvalue weighted by molar-refractivity contribution is 0.604. The topological polar surface area (TPSA) is 86.2 Å². The normalized spacial score (nSPS) is 11.1. The molecule has 0 heterocycles. The summed E-state index contributed by atoms with van der Waals surface area (Å²) >= 11 is 5.81. The molecular weight excluding hydrogens is 236 g/mol. The van der Waals surface area contributed by atoms with Crippen LogP contribution in [0.4, 0.5) is 0 Å². The van der Waals surface area contributed by atoms with E-state index in [1.807, 2.05) is 0 Å². The van der Waals surface area contributed by atoms with Gasteiger partial charge in [0.25, 0.3) is 0 Å². The molecule has 15 heavy (non-hydrogen) atoms. The standard InChI is InChI=1S/C9H11ClN2O2S/c1-6-2-3-7(4-8(6)10)15(13,14)5-9(11)12/h2-5H,11-12H2,1H3. The molecule has 1 aromatic carbocycles. The van der Waals surface area contributed by atoms with E-state index in [0.717, 1.165) is 11.0 Å². The predicted molar refractivity (Wildman–Crippen MR) is 59.8 cm³/mol. The Labute approximate surface area is 93.4 Å². The van der Waals surface area contributed by atoms with E-state index in [1.165, 1.54) is 12.1 Å². The van der Waals surface area contributed by atoms with Gasteiger partial charge >= 0.3 is 0 Å². The number of aryl methyl sites for hydroxylation is 1. The summed E-state index contributed by atoms with van der Waals surface area (Å²) in [6, 6.07) is 4.44. The van der Waals surface area contributed by atoms with Crippen molar-refractivity contribution in [2.45, 2.75) is 11.8 Å². The van der Waals surface area contributed by atoms with Gasteiger partial charge in [0, 0.05) is 5.02 Å². The molecule has 4 nitrogen and oxygen atoms in total. The van der Waals surface area contributed by atoms with Crippen molar-refractivity contribution in [2.24, 2.45) is 11.5 Å². The summed E-state index contributed by atoms with van der Waals surface area (Å²) in [6.45, 7) is 1.78. The second-order valence-corrected chi connectivity index (χ2v) is 5.28. The Bertz CT molecular complexity index is 505. The molecule has 0 spiro atoms. The van der Waals surface area contributed by atoms with Crippen molar-refractivity contribution in [3.63, 3.8) is 0 Å². The van der Waals surface area contributed by atoms with Gasteiger partial charge < -0.3 is 11.5 Å². The third kappa shape index (κ3) is 2.87. The smallest absolute Gasteiger partial charge is 0.203 e. The molecule has 4 N–H and O–H groups in total. The predicted octanol–water partition coefficient (Wildman–Crippen LogP) is 1.14. The first-order valence-corrected chi connectivity index (χ1v) is 5.99. The van der Waals surface area contributed by atoms with Crippen molar-refractivity contribution in [3.05, 3.63) is 40.0 Å². The number of sulfone groups is 1. The Morgan fingerprint density at radius 2 is 2.00 bits per heavy atom. The molecule has 0 aromatic heterocycles. The van der Waals surface area contributed by atoms with E-state index in [0.29, 0.717) is 5.02 Å². The minimum Gasteiger partial charge on any atom is -0.385 e. The summed E-state index contributed by atoms with van der Waals surface area (Å²) in [7, 11) is -3.60. The van der Waals surface area contributed by atoms with Crippen molar-refractivity contribution >= 4 is 21.4 Å². The van der Waals surface area contributed by atoms with Crippen LogP contribution in [0, 0.1) is 6.92 Å². The van der Waals surface area contributed by atoms with E-state index in [-0.39, 0.29) is 10.7 Å². The van der Waals surface area contributed by atoms with Gasteiger partial charge in [-0.1, -0.05) is 17.7 Å². The van der Waals surface area contributed by atoms with E-state index in [2.05, 4.69) is 0 Å². The van der Waals surface area contributed by atoms with Gasteiger partial charge in [-0.05, 0) is 24.6 Å². The molecular formula is C9H11ClN2O2S. The molecule has 0 aliphatic carbocycles. The Morgan fingerprint density at radius 3 is 2.47 bits per heavy atom. The zero-order valence-corrected chi connectivity index (χ0v) is 9.64. The molecule has 0 unspecified atom stereocenters. The molecule has 0 saturated heterocycles. The van der Waals surface area contributed by atoms with Crippen LogP contribution in [0.15, 0.2) is 34.3 Å². The molecule has 0 amide bonds. The van der Waals surface area contributed by atoms with Crippen molar-refractivity contribution in [3.8, 4) is 0 Å². The summed E-state index contributed by atoms with van der Waals surface area (Å²) in [5, 5.41) is 1.19. The van der Waals surface area contributed by atoms with Gasteiger partial charge in [-0.2, -0.15) is 0 Å². The van der Waals surface area contributed by atoms with Crippen LogP contribution >= 0.6 is 11.6 Å². The maximum atomic E-state index is 11.6. The Balaban J connectivity index is 3.29. The highest BCUT2D eigenvalue weighted by Crippen LogP contribution is 2.21. The van der Waals surface area contributed by atoms with Gasteiger partial charge in [-0.3, -0.25) is 0 Å². The van der Waals surface area contributed by atoms with Crippen molar-refractivity contribution in [1.82, 2.24) is 0 Å². The zero-order chi connectivity index (χ0) is 11.6. The highest BCUT2D eigenvalue weighted by molar-refractivity contribution is 7.94. The fraction of sp³-hybridized carbons (Fsp3) is 0.111. The van der Waals surface area contributed by atoms with Crippen LogP contribution < -0.4 is 11.5 Å². The zero-order valence-electron chi connectivity index (χ0n) is 8.07. The molecule has 0 saturated carbocycles. The fourth-order valence-electron chi connectivity index (χ4n) is 0.998. The monoisotopic (exact) mass is 246 g/mol. The van der Waals surface area contributed by atoms with Crippen LogP contribution in [0.25, 0.3) is 0 Å². The van der Waals surface area contributed by atoms with Crippen molar-refractivity contribution < 1.29 is 8.42 Å². The molecule has 6 heteroatoms. The van der Waals surface area contributed by atoms with Crippen LogP contribution in [-0.2, 0) is 9.84 Å². The lowest BCUT2D eigenvalue weighted by Crippen LogP contribution is -2.11. The number of hydrogen-bond acceptors (Lipinski definition) is 4. The van der Waals surface area contributed by atoms with Crippen LogP contribution in [0.1, 0.15) is 5.56 Å². The number of hydrogen-bond donors (Lipinski definition) is 2. The molecule has 0 aliphatic rings. The second kappa shape index (κ2) is 4.12. The van der Waals surface area contributed by atoms with Gasteiger partial charge in [0.15, 0.2) is 0 Å². The van der Waals surface area contributed by atoms with E-state index in [9.17, 15) is 8.42 Å². The van der Waals surface area contributed by atoms with Gasteiger partial charge in [0.05, 0.1) is 10.3 Å². The summed E-state index contributed by atoms with van der Waals surface area (Å²) in [5.74, 6) is -0.258. The minimum atomic E-state index is -3.60. The van der Waals surface area contributed by atoms with E-state index < -0.39 is 9.84 Å². The average Bonchev–Trinajstić information content (AvgIpc) is 2.07. The van der Waals surface area contributed by atoms with Crippen LogP contribution in [-0.4, -0.2) is 8.42 Å². The first kappa shape index (κ1) is 11.9. The maximum absolute atomic E-state index is 11.6. The highest BCUT2D eigenvalue weighted by Gasteiger charge is 2.12. The second-order valence-electron chi connectivity index (χ2n) is 3.07. The van der Waals surface area contributed by atoms with Gasteiger partial charge in [0.2, 0.25) is 9.84 Å². The van der Waals surface area contributed by atoms with E-state index >= 15 is 0 Å². The first-order chi connectivity index (χ1) is 6.83. The van der Waals surface area contributed by atoms with Crippen molar-refractivity contribution in [2.75, 3.05) is 0 Å². The summed E-state index contributed by atoms with van der Waals surface area (Å²) in [4.78, 5) is 0.0755. The first-order valence-electron chi connectivity index (χ1n) is 4.07. The molecule has 0 bridgehead atoms. The van der Waals surface area contributed by atoms with Gasteiger partial charge in [0.1, 0.15) is 5.82 Å². The molecule has 1 rings (SSSR count). The van der Waals surface area contributed by atoms with Crippen LogP contribution in [0.2, 0.25) is 5.02 Å². The SMILES string of the molecule is Cc1ccc(S(=O)(=O)C=C(N)N)cc1Cl. The molecule has 0 aliphatic heterocycles. The summed E-state index contributed by atoms with van der Waals surface area (Å²) in [5.41, 5.74) is 11.0. The van der Waals surface area contributed by atoms with E-state index in [4.69, 9.17) is 23.1 Å². The molecule has 0 radical (unpaired) electrons. The minimum absolute atomic E-state index is 0.0755. The number of rotatable bonds is 2. The maximum Gasteiger partial charge on any atom is 0.203 e. The van der Waals surface area contributed by atoms with Crippen LogP contribution in [0.5, 0.6) is 0 Å². The molecule has 0 fully saturated rings. The van der Waals surface area contributed by atoms with Gasteiger partial charge in [-0.25, -0.2) is 8.42 Å². The van der Waals surface area contributed by atoms with Crippen LogP contribution in [0.3, 0.4) is 0 Å². The highest BCUT2D eigenvalue weighted by atomic mass is 35.5. The lowest BCUT2D eigenvalue weighted by Gasteiger charge is -2.02. The average molecular weight is 247 g/mol. The Hall–Kier alpha value is -1.20. The quantitative estimate of drug-likeness (QED) is 0.819. The largest absolute Gasteiger partial charge is 0.385 e.